The van der Waals surface area contributed by atoms with Gasteiger partial charge in [0, 0.05) is 24.1 Å². The number of halogens is 2. The number of aromatic carboxylic acids is 1. The molecular weight excluding hydrogens is 290 g/mol. The van der Waals surface area contributed by atoms with Gasteiger partial charge in [0.05, 0.1) is 6.54 Å². The summed E-state index contributed by atoms with van der Waals surface area (Å²) in [4.78, 5) is 26.3. The van der Waals surface area contributed by atoms with E-state index in [1.54, 1.807) is 0 Å². The summed E-state index contributed by atoms with van der Waals surface area (Å²) >= 11 is 1.14. The molecule has 1 fully saturated rings. The Bertz CT molecular complexity index is 509. The van der Waals surface area contributed by atoms with Crippen molar-refractivity contribution in [1.82, 2.24) is 10.3 Å². The number of hydrogen-bond acceptors (Lipinski definition) is 4. The molecular formula is C12H14F2N2O3S. The van der Waals surface area contributed by atoms with Crippen molar-refractivity contribution in [3.63, 3.8) is 0 Å². The van der Waals surface area contributed by atoms with Gasteiger partial charge in [0.1, 0.15) is 5.01 Å². The highest BCUT2D eigenvalue weighted by Gasteiger charge is 2.37. The highest BCUT2D eigenvalue weighted by atomic mass is 32.1. The lowest BCUT2D eigenvalue weighted by molar-refractivity contribution is -0.129. The van der Waals surface area contributed by atoms with Crippen molar-refractivity contribution in [2.24, 2.45) is 5.92 Å². The summed E-state index contributed by atoms with van der Waals surface area (Å²) in [7, 11) is 0. The van der Waals surface area contributed by atoms with Gasteiger partial charge in [-0.1, -0.05) is 0 Å². The second kappa shape index (κ2) is 5.82. The van der Waals surface area contributed by atoms with Gasteiger partial charge < -0.3 is 10.4 Å². The Labute approximate surface area is 118 Å². The molecule has 1 aromatic rings. The summed E-state index contributed by atoms with van der Waals surface area (Å²) in [6, 6.07) is 0. The molecule has 5 nitrogen and oxygen atoms in total. The molecule has 1 saturated carbocycles. The minimum absolute atomic E-state index is 0.0587. The van der Waals surface area contributed by atoms with Crippen molar-refractivity contribution < 1.29 is 23.5 Å². The van der Waals surface area contributed by atoms with Gasteiger partial charge in [0.15, 0.2) is 5.69 Å². The van der Waals surface area contributed by atoms with Crippen molar-refractivity contribution in [3.8, 4) is 0 Å². The van der Waals surface area contributed by atoms with Crippen LogP contribution in [0.15, 0.2) is 5.38 Å². The van der Waals surface area contributed by atoms with Gasteiger partial charge in [0.25, 0.3) is 0 Å². The molecule has 2 N–H and O–H groups in total. The van der Waals surface area contributed by atoms with Crippen LogP contribution in [0.5, 0.6) is 0 Å². The minimum Gasteiger partial charge on any atom is -0.476 e. The Balaban J connectivity index is 1.81. The van der Waals surface area contributed by atoms with Gasteiger partial charge in [-0.25, -0.2) is 18.6 Å². The SMILES string of the molecule is O=C(O)c1csc(CNC(=O)C2CCC(F)(F)CC2)n1. The number of aromatic nitrogens is 1. The van der Waals surface area contributed by atoms with Crippen molar-refractivity contribution in [1.29, 1.82) is 0 Å². The van der Waals surface area contributed by atoms with Crippen LogP contribution in [0.2, 0.25) is 0 Å². The van der Waals surface area contributed by atoms with Gasteiger partial charge >= 0.3 is 5.97 Å². The number of nitrogens with one attached hydrogen (secondary N) is 1. The fourth-order valence-electron chi connectivity index (χ4n) is 2.10. The smallest absolute Gasteiger partial charge is 0.355 e. The van der Waals surface area contributed by atoms with E-state index in [9.17, 15) is 18.4 Å². The number of carboxylic acid groups (broad SMARTS) is 1. The van der Waals surface area contributed by atoms with Gasteiger partial charge in [-0.3, -0.25) is 4.79 Å². The van der Waals surface area contributed by atoms with Crippen molar-refractivity contribution in [2.45, 2.75) is 38.2 Å². The first-order chi connectivity index (χ1) is 9.37. The molecule has 0 radical (unpaired) electrons. The van der Waals surface area contributed by atoms with E-state index in [-0.39, 0.29) is 43.8 Å². The van der Waals surface area contributed by atoms with E-state index in [1.807, 2.05) is 0 Å². The second-order valence-electron chi connectivity index (χ2n) is 4.78. The fourth-order valence-corrected chi connectivity index (χ4v) is 2.81. The number of carboxylic acids is 1. The molecule has 0 atom stereocenters. The molecule has 0 bridgehead atoms. The molecule has 1 aliphatic carbocycles. The Morgan fingerprint density at radius 2 is 2.10 bits per heavy atom. The van der Waals surface area contributed by atoms with Crippen LogP contribution < -0.4 is 5.32 Å². The highest BCUT2D eigenvalue weighted by molar-refractivity contribution is 7.09. The zero-order valence-electron chi connectivity index (χ0n) is 10.6. The average Bonchev–Trinajstić information content (AvgIpc) is 2.85. The average molecular weight is 304 g/mol. The number of nitrogens with zero attached hydrogens (tertiary/aromatic N) is 1. The van der Waals surface area contributed by atoms with E-state index in [0.29, 0.717) is 5.01 Å². The van der Waals surface area contributed by atoms with Crippen LogP contribution >= 0.6 is 11.3 Å². The molecule has 2 rings (SSSR count). The number of alkyl halides is 2. The number of rotatable bonds is 4. The van der Waals surface area contributed by atoms with Crippen LogP contribution in [0, 0.1) is 5.92 Å². The monoisotopic (exact) mass is 304 g/mol. The first kappa shape index (κ1) is 14.8. The largest absolute Gasteiger partial charge is 0.476 e. The van der Waals surface area contributed by atoms with E-state index in [4.69, 9.17) is 5.11 Å². The maximum atomic E-state index is 13.0. The Hall–Kier alpha value is -1.57. The Morgan fingerprint density at radius 3 is 2.65 bits per heavy atom. The zero-order valence-corrected chi connectivity index (χ0v) is 11.4. The van der Waals surface area contributed by atoms with Crippen LogP contribution in [-0.4, -0.2) is 27.9 Å². The third-order valence-electron chi connectivity index (χ3n) is 3.27. The maximum absolute atomic E-state index is 13.0. The van der Waals surface area contributed by atoms with Crippen LogP contribution in [0.1, 0.15) is 41.2 Å². The lowest BCUT2D eigenvalue weighted by atomic mass is 9.86. The molecule has 0 saturated heterocycles. The molecule has 20 heavy (non-hydrogen) atoms. The molecule has 1 amide bonds. The van der Waals surface area contributed by atoms with Gasteiger partial charge in [-0.15, -0.1) is 11.3 Å². The lowest BCUT2D eigenvalue weighted by Crippen LogP contribution is -2.35. The predicted octanol–water partition coefficient (Wildman–Crippen LogP) is 2.28. The van der Waals surface area contributed by atoms with Crippen LogP contribution in [0.4, 0.5) is 8.78 Å². The quantitative estimate of drug-likeness (QED) is 0.894. The van der Waals surface area contributed by atoms with Gasteiger partial charge in [0.2, 0.25) is 11.8 Å². The normalized spacial score (nSPS) is 18.7. The lowest BCUT2D eigenvalue weighted by Gasteiger charge is -2.27. The van der Waals surface area contributed by atoms with Crippen molar-refractivity contribution in [2.75, 3.05) is 0 Å². The Kier molecular flexibility index (Phi) is 4.32. The molecule has 8 heteroatoms. The third kappa shape index (κ3) is 3.72. The summed E-state index contributed by atoms with van der Waals surface area (Å²) < 4.78 is 25.9. The summed E-state index contributed by atoms with van der Waals surface area (Å²) in [6.45, 7) is 0.129. The van der Waals surface area contributed by atoms with Crippen molar-refractivity contribution in [3.05, 3.63) is 16.1 Å². The van der Waals surface area contributed by atoms with E-state index >= 15 is 0 Å². The van der Waals surface area contributed by atoms with E-state index < -0.39 is 17.8 Å². The molecule has 0 unspecified atom stereocenters. The maximum Gasteiger partial charge on any atom is 0.355 e. The van der Waals surface area contributed by atoms with Crippen LogP contribution in [-0.2, 0) is 11.3 Å². The molecule has 110 valence electrons. The van der Waals surface area contributed by atoms with Crippen LogP contribution in [0.3, 0.4) is 0 Å². The molecule has 1 aromatic heterocycles. The van der Waals surface area contributed by atoms with E-state index in [2.05, 4.69) is 10.3 Å². The standard InChI is InChI=1S/C12H14F2N2O3S/c13-12(14)3-1-7(2-4-12)10(17)15-5-9-16-8(6-20-9)11(18)19/h6-7H,1-5H2,(H,15,17)(H,18,19). The summed E-state index contributed by atoms with van der Waals surface area (Å²) in [6.07, 6.45) is -0.162. The summed E-state index contributed by atoms with van der Waals surface area (Å²) in [5.74, 6) is -4.43. The Morgan fingerprint density at radius 1 is 1.45 bits per heavy atom. The molecule has 0 aromatic carbocycles. The molecule has 1 aliphatic rings. The molecule has 0 spiro atoms. The summed E-state index contributed by atoms with van der Waals surface area (Å²) in [5, 5.41) is 13.2. The number of carbonyl (C=O) groups is 2. The third-order valence-corrected chi connectivity index (χ3v) is 4.12. The van der Waals surface area contributed by atoms with Gasteiger partial charge in [-0.2, -0.15) is 0 Å². The number of amides is 1. The number of carbonyl (C=O) groups excluding carboxylic acids is 1. The van der Waals surface area contributed by atoms with Crippen LogP contribution in [0.25, 0.3) is 0 Å². The van der Waals surface area contributed by atoms with Gasteiger partial charge in [-0.05, 0) is 12.8 Å². The molecule has 1 heterocycles. The first-order valence-corrected chi connectivity index (χ1v) is 7.08. The summed E-state index contributed by atoms with van der Waals surface area (Å²) in [5.41, 5.74) is -0.0587. The fraction of sp³-hybridized carbons (Fsp3) is 0.583. The minimum atomic E-state index is -2.65. The second-order valence-corrected chi connectivity index (χ2v) is 5.72. The van der Waals surface area contributed by atoms with E-state index in [1.165, 1.54) is 5.38 Å². The predicted molar refractivity (Wildman–Crippen MR) is 67.8 cm³/mol. The first-order valence-electron chi connectivity index (χ1n) is 6.20. The van der Waals surface area contributed by atoms with Crippen molar-refractivity contribution >= 4 is 23.2 Å². The topological polar surface area (TPSA) is 79.3 Å². The number of thiazole rings is 1. The zero-order chi connectivity index (χ0) is 14.8. The number of hydrogen-bond donors (Lipinski definition) is 2. The van der Waals surface area contributed by atoms with E-state index in [0.717, 1.165) is 11.3 Å². The highest BCUT2D eigenvalue weighted by Crippen LogP contribution is 2.36. The molecule has 0 aliphatic heterocycles.